The van der Waals surface area contributed by atoms with Crippen LogP contribution >= 0.6 is 22.6 Å². The molecule has 0 aliphatic carbocycles. The largest absolute Gasteiger partial charge is 0.273 e. The first kappa shape index (κ1) is 12.7. The lowest BCUT2D eigenvalue weighted by Gasteiger charge is -2.34. The number of halogens is 1. The first-order valence-corrected chi connectivity index (χ1v) is 6.47. The fourth-order valence-corrected chi connectivity index (χ4v) is 2.27. The third-order valence-corrected chi connectivity index (χ3v) is 4.13. The average molecular weight is 324 g/mol. The van der Waals surface area contributed by atoms with Crippen LogP contribution in [-0.2, 0) is 9.59 Å². The Balaban J connectivity index is 2.94. The summed E-state index contributed by atoms with van der Waals surface area (Å²) in [6, 6.07) is 0. The van der Waals surface area contributed by atoms with Gasteiger partial charge >= 0.3 is 0 Å². The highest BCUT2D eigenvalue weighted by atomic mass is 127. The Kier molecular flexibility index (Phi) is 4.36. The lowest BCUT2D eigenvalue weighted by molar-refractivity contribution is -0.160. The lowest BCUT2D eigenvalue weighted by Crippen LogP contribution is -2.50. The van der Waals surface area contributed by atoms with Gasteiger partial charge in [-0.2, -0.15) is 0 Å². The third kappa shape index (κ3) is 2.62. The highest BCUT2D eigenvalue weighted by molar-refractivity contribution is 14.1. The average Bonchev–Trinajstić information content (AvgIpc) is 2.31. The molecule has 0 aromatic rings. The van der Waals surface area contributed by atoms with Crippen molar-refractivity contribution in [3.63, 3.8) is 0 Å². The monoisotopic (exact) mass is 324 g/mol. The standard InChI is InChI=1S/C10H17IN2O2/c1-4-8(11)13-10(15)7(2)5-6-9(14)12(13)3/h7-8H,4-6H2,1-3H3. The van der Waals surface area contributed by atoms with Gasteiger partial charge in [-0.05, 0) is 12.8 Å². The number of hydrogen-bond donors (Lipinski definition) is 0. The van der Waals surface area contributed by atoms with E-state index >= 15 is 0 Å². The maximum Gasteiger partial charge on any atom is 0.244 e. The Bertz CT molecular complexity index is 270. The molecule has 0 bridgehead atoms. The van der Waals surface area contributed by atoms with Gasteiger partial charge in [-0.25, -0.2) is 5.01 Å². The van der Waals surface area contributed by atoms with E-state index in [2.05, 4.69) is 22.6 Å². The summed E-state index contributed by atoms with van der Waals surface area (Å²) in [5.74, 6) is 0.0372. The summed E-state index contributed by atoms with van der Waals surface area (Å²) < 4.78 is 0.0598. The number of alkyl halides is 1. The van der Waals surface area contributed by atoms with Gasteiger partial charge in [-0.3, -0.25) is 14.6 Å². The third-order valence-electron chi connectivity index (χ3n) is 2.72. The summed E-state index contributed by atoms with van der Waals surface area (Å²) in [6.45, 7) is 3.90. The normalized spacial score (nSPS) is 25.5. The Labute approximate surface area is 104 Å². The van der Waals surface area contributed by atoms with Crippen LogP contribution in [-0.4, -0.2) is 32.9 Å². The number of nitrogens with zero attached hydrogens (tertiary/aromatic N) is 2. The zero-order chi connectivity index (χ0) is 11.6. The minimum Gasteiger partial charge on any atom is -0.273 e. The molecule has 2 atom stereocenters. The van der Waals surface area contributed by atoms with Crippen LogP contribution in [0.3, 0.4) is 0 Å². The van der Waals surface area contributed by atoms with Gasteiger partial charge < -0.3 is 0 Å². The van der Waals surface area contributed by atoms with Crippen LogP contribution < -0.4 is 0 Å². The zero-order valence-electron chi connectivity index (χ0n) is 9.36. The quantitative estimate of drug-likeness (QED) is 0.441. The predicted molar refractivity (Wildman–Crippen MR) is 66.1 cm³/mol. The molecule has 5 heteroatoms. The van der Waals surface area contributed by atoms with Crippen molar-refractivity contribution in [2.24, 2.45) is 5.92 Å². The van der Waals surface area contributed by atoms with E-state index in [1.807, 2.05) is 13.8 Å². The Morgan fingerprint density at radius 2 is 2.13 bits per heavy atom. The van der Waals surface area contributed by atoms with E-state index < -0.39 is 0 Å². The summed E-state index contributed by atoms with van der Waals surface area (Å²) in [4.78, 5) is 23.7. The fraction of sp³-hybridized carbons (Fsp3) is 0.800. The molecule has 0 N–H and O–H groups in total. The van der Waals surface area contributed by atoms with Gasteiger partial charge in [-0.15, -0.1) is 0 Å². The highest BCUT2D eigenvalue weighted by Crippen LogP contribution is 2.23. The Hall–Kier alpha value is -0.330. The summed E-state index contributed by atoms with van der Waals surface area (Å²) in [5, 5.41) is 3.08. The second-order valence-electron chi connectivity index (χ2n) is 3.88. The maximum atomic E-state index is 12.0. The van der Waals surface area contributed by atoms with E-state index in [4.69, 9.17) is 0 Å². The maximum absolute atomic E-state index is 12.0. The second-order valence-corrected chi connectivity index (χ2v) is 5.32. The van der Waals surface area contributed by atoms with E-state index in [0.29, 0.717) is 12.8 Å². The molecule has 0 radical (unpaired) electrons. The van der Waals surface area contributed by atoms with Crippen molar-refractivity contribution in [2.45, 2.75) is 37.2 Å². The molecule has 2 amide bonds. The molecule has 0 saturated carbocycles. The molecule has 0 aromatic heterocycles. The first-order chi connectivity index (χ1) is 6.99. The fourth-order valence-electron chi connectivity index (χ4n) is 1.62. The van der Waals surface area contributed by atoms with E-state index in [1.54, 1.807) is 12.1 Å². The SMILES string of the molecule is CCC(I)N1C(=O)C(C)CCC(=O)N1C. The molecule has 1 heterocycles. The topological polar surface area (TPSA) is 40.6 Å². The van der Waals surface area contributed by atoms with Crippen LogP contribution in [0.2, 0.25) is 0 Å². The molecular formula is C10H17IN2O2. The van der Waals surface area contributed by atoms with Gasteiger partial charge in [0.2, 0.25) is 11.8 Å². The lowest BCUT2D eigenvalue weighted by atomic mass is 10.1. The summed E-state index contributed by atoms with van der Waals surface area (Å²) in [7, 11) is 1.68. The van der Waals surface area contributed by atoms with Gasteiger partial charge in [0.25, 0.3) is 0 Å². The van der Waals surface area contributed by atoms with E-state index in [1.165, 1.54) is 5.01 Å². The molecule has 15 heavy (non-hydrogen) atoms. The summed E-state index contributed by atoms with van der Waals surface area (Å²) >= 11 is 2.20. The number of carbonyl (C=O) groups is 2. The molecule has 1 rings (SSSR count). The Morgan fingerprint density at radius 3 is 2.67 bits per heavy atom. The van der Waals surface area contributed by atoms with Crippen molar-refractivity contribution in [3.8, 4) is 0 Å². The number of carbonyl (C=O) groups excluding carboxylic acids is 2. The van der Waals surface area contributed by atoms with Crippen molar-refractivity contribution < 1.29 is 9.59 Å². The van der Waals surface area contributed by atoms with Gasteiger partial charge in [0.15, 0.2) is 0 Å². The van der Waals surface area contributed by atoms with Crippen LogP contribution in [0.4, 0.5) is 0 Å². The molecule has 2 unspecified atom stereocenters. The van der Waals surface area contributed by atoms with Gasteiger partial charge in [0.1, 0.15) is 4.05 Å². The molecule has 1 saturated heterocycles. The van der Waals surface area contributed by atoms with Crippen molar-refractivity contribution in [3.05, 3.63) is 0 Å². The van der Waals surface area contributed by atoms with Crippen LogP contribution in [0, 0.1) is 5.92 Å². The number of hydrazine groups is 1. The van der Waals surface area contributed by atoms with E-state index in [9.17, 15) is 9.59 Å². The molecule has 0 aromatic carbocycles. The summed E-state index contributed by atoms with van der Waals surface area (Å²) in [6.07, 6.45) is 1.97. The van der Waals surface area contributed by atoms with Crippen molar-refractivity contribution in [1.82, 2.24) is 10.0 Å². The van der Waals surface area contributed by atoms with Crippen LogP contribution in [0.25, 0.3) is 0 Å². The number of hydrogen-bond acceptors (Lipinski definition) is 2. The van der Waals surface area contributed by atoms with Crippen molar-refractivity contribution in [2.75, 3.05) is 7.05 Å². The van der Waals surface area contributed by atoms with Gasteiger partial charge in [0.05, 0.1) is 0 Å². The first-order valence-electron chi connectivity index (χ1n) is 5.22. The minimum absolute atomic E-state index is 0.0304. The molecule has 1 aliphatic rings. The number of rotatable bonds is 2. The van der Waals surface area contributed by atoms with Crippen molar-refractivity contribution >= 4 is 34.4 Å². The molecule has 1 fully saturated rings. The predicted octanol–water partition coefficient (Wildman–Crippen LogP) is 1.79. The second kappa shape index (κ2) is 5.14. The molecule has 0 spiro atoms. The van der Waals surface area contributed by atoms with Crippen LogP contribution in [0.5, 0.6) is 0 Å². The molecular weight excluding hydrogens is 307 g/mol. The zero-order valence-corrected chi connectivity index (χ0v) is 11.5. The van der Waals surface area contributed by atoms with E-state index in [-0.39, 0.29) is 21.8 Å². The van der Waals surface area contributed by atoms with Gasteiger partial charge in [-0.1, -0.05) is 36.4 Å². The smallest absolute Gasteiger partial charge is 0.244 e. The Morgan fingerprint density at radius 1 is 1.53 bits per heavy atom. The minimum atomic E-state index is -0.0530. The molecule has 4 nitrogen and oxygen atoms in total. The van der Waals surface area contributed by atoms with Gasteiger partial charge in [0, 0.05) is 19.4 Å². The molecule has 86 valence electrons. The highest BCUT2D eigenvalue weighted by Gasteiger charge is 2.34. The van der Waals surface area contributed by atoms with E-state index in [0.717, 1.165) is 6.42 Å². The van der Waals surface area contributed by atoms with Crippen LogP contribution in [0.15, 0.2) is 0 Å². The number of amides is 2. The van der Waals surface area contributed by atoms with Crippen LogP contribution in [0.1, 0.15) is 33.1 Å². The molecule has 1 aliphatic heterocycles. The summed E-state index contributed by atoms with van der Waals surface area (Å²) in [5.41, 5.74) is 0. The van der Waals surface area contributed by atoms with Crippen molar-refractivity contribution in [1.29, 1.82) is 0 Å².